The van der Waals surface area contributed by atoms with E-state index in [0.717, 1.165) is 0 Å². The summed E-state index contributed by atoms with van der Waals surface area (Å²) in [4.78, 5) is 9.96. The first-order valence-electron chi connectivity index (χ1n) is 2.58. The van der Waals surface area contributed by atoms with Gasteiger partial charge < -0.3 is 4.74 Å². The molecular weight excluding hydrogens is 199 g/mol. The van der Waals surface area contributed by atoms with Crippen molar-refractivity contribution in [1.82, 2.24) is 0 Å². The zero-order valence-electron chi connectivity index (χ0n) is 6.14. The van der Waals surface area contributed by atoms with Crippen LogP contribution in [-0.4, -0.2) is 60.2 Å². The van der Waals surface area contributed by atoms with Gasteiger partial charge in [-0.15, -0.1) is 0 Å². The van der Waals surface area contributed by atoms with E-state index in [9.17, 15) is 4.79 Å². The molecule has 0 unspecified atom stereocenters. The summed E-state index contributed by atoms with van der Waals surface area (Å²) in [5.74, 6) is -0.157. The summed E-state index contributed by atoms with van der Waals surface area (Å²) in [5.41, 5.74) is 0. The van der Waals surface area contributed by atoms with Gasteiger partial charge in [0.15, 0.2) is 0 Å². The van der Waals surface area contributed by atoms with Gasteiger partial charge in [0.05, 0.1) is 7.11 Å². The monoisotopic (exact) mass is 210 g/mol. The topological polar surface area (TPSA) is 101 Å². The number of ether oxygens (including phenoxy) is 1. The van der Waals surface area contributed by atoms with Gasteiger partial charge in [0.25, 0.3) is 0 Å². The number of carbonyl (C=O) groups excluding carboxylic acids is 1. The molecule has 0 rings (SSSR count). The van der Waals surface area contributed by atoms with Gasteiger partial charge in [0.2, 0.25) is 0 Å². The van der Waals surface area contributed by atoms with E-state index < -0.39 is 10.4 Å². The van der Waals surface area contributed by atoms with Crippen molar-refractivity contribution in [3.05, 3.63) is 0 Å². The van der Waals surface area contributed by atoms with Crippen LogP contribution in [0, 0.1) is 0 Å². The van der Waals surface area contributed by atoms with Crippen LogP contribution in [0.25, 0.3) is 0 Å². The van der Waals surface area contributed by atoms with Crippen LogP contribution in [0.4, 0.5) is 0 Å². The Morgan fingerprint density at radius 3 is 1.67 bits per heavy atom. The molecule has 0 saturated heterocycles. The van der Waals surface area contributed by atoms with Crippen LogP contribution in [0.1, 0.15) is 13.3 Å². The van der Waals surface area contributed by atoms with Crippen molar-refractivity contribution in [3.8, 4) is 0 Å². The van der Waals surface area contributed by atoms with Crippen molar-refractivity contribution in [1.29, 1.82) is 0 Å². The number of methoxy groups -OCH3 is 1. The summed E-state index contributed by atoms with van der Waals surface area (Å²) in [6, 6.07) is 0. The number of hydrogen-bond donors (Lipinski definition) is 2. The number of esters is 1. The SMILES string of the molecule is CCC(=O)OC.O=S(=O)(O)O.[NaH]. The molecule has 8 heteroatoms. The minimum atomic E-state index is -4.67. The average Bonchev–Trinajstić information content (AvgIpc) is 1.83. The molecule has 0 radical (unpaired) electrons. The summed E-state index contributed by atoms with van der Waals surface area (Å²) >= 11 is 0. The van der Waals surface area contributed by atoms with E-state index >= 15 is 0 Å². The molecule has 0 atom stereocenters. The summed E-state index contributed by atoms with van der Waals surface area (Å²) < 4.78 is 35.8. The standard InChI is InChI=1S/C4H8O2.Na.H2O4S.H/c1-3-4(5)6-2;;1-5(2,3)4;/h3H2,1-2H3;;(H2,1,2,3,4);. The van der Waals surface area contributed by atoms with Gasteiger partial charge in [-0.25, -0.2) is 0 Å². The minimum absolute atomic E-state index is 0. The molecule has 0 spiro atoms. The number of rotatable bonds is 1. The van der Waals surface area contributed by atoms with E-state index in [-0.39, 0.29) is 35.5 Å². The van der Waals surface area contributed by atoms with Crippen molar-refractivity contribution in [3.63, 3.8) is 0 Å². The first-order chi connectivity index (χ1) is 4.81. The molecular formula is C4H11NaO6S. The molecule has 70 valence electrons. The Labute approximate surface area is 93.2 Å². The Morgan fingerprint density at radius 1 is 1.42 bits per heavy atom. The Balaban J connectivity index is -0.000000126. The second-order valence-corrected chi connectivity index (χ2v) is 2.27. The Bertz CT molecular complexity index is 184. The van der Waals surface area contributed by atoms with Crippen LogP contribution >= 0.6 is 0 Å². The van der Waals surface area contributed by atoms with Crippen LogP contribution in [-0.2, 0) is 19.9 Å². The molecule has 0 aromatic rings. The van der Waals surface area contributed by atoms with E-state index in [1.54, 1.807) is 6.92 Å². The number of hydrogen-bond acceptors (Lipinski definition) is 4. The van der Waals surface area contributed by atoms with Gasteiger partial charge in [-0.1, -0.05) is 6.92 Å². The Hall–Kier alpha value is 0.340. The molecule has 0 aromatic heterocycles. The molecule has 0 aliphatic carbocycles. The third kappa shape index (κ3) is 47.9. The van der Waals surface area contributed by atoms with E-state index in [0.29, 0.717) is 6.42 Å². The van der Waals surface area contributed by atoms with E-state index in [1.165, 1.54) is 7.11 Å². The first kappa shape index (κ1) is 18.2. The maximum atomic E-state index is 9.96. The average molecular weight is 210 g/mol. The van der Waals surface area contributed by atoms with Gasteiger partial charge in [0.1, 0.15) is 0 Å². The summed E-state index contributed by atoms with van der Waals surface area (Å²) in [7, 11) is -3.29. The van der Waals surface area contributed by atoms with Gasteiger partial charge in [-0.3, -0.25) is 13.9 Å². The molecule has 0 fully saturated rings. The van der Waals surface area contributed by atoms with Crippen molar-refractivity contribution in [2.75, 3.05) is 7.11 Å². The second-order valence-electron chi connectivity index (χ2n) is 1.38. The molecule has 12 heavy (non-hydrogen) atoms. The zero-order valence-corrected chi connectivity index (χ0v) is 6.96. The molecule has 0 aliphatic heterocycles. The van der Waals surface area contributed by atoms with Crippen LogP contribution in [0.2, 0.25) is 0 Å². The van der Waals surface area contributed by atoms with Crippen LogP contribution in [0.5, 0.6) is 0 Å². The van der Waals surface area contributed by atoms with E-state index in [1.807, 2.05) is 0 Å². The second kappa shape index (κ2) is 9.43. The van der Waals surface area contributed by atoms with E-state index in [2.05, 4.69) is 4.74 Å². The molecule has 0 saturated carbocycles. The van der Waals surface area contributed by atoms with Crippen LogP contribution in [0.3, 0.4) is 0 Å². The first-order valence-corrected chi connectivity index (χ1v) is 3.97. The van der Waals surface area contributed by atoms with Crippen molar-refractivity contribution in [2.45, 2.75) is 13.3 Å². The maximum absolute atomic E-state index is 9.96. The predicted molar refractivity (Wildman–Crippen MR) is 43.6 cm³/mol. The summed E-state index contributed by atoms with van der Waals surface area (Å²) in [5, 5.41) is 0. The van der Waals surface area contributed by atoms with Crippen LogP contribution in [0.15, 0.2) is 0 Å². The van der Waals surface area contributed by atoms with E-state index in [4.69, 9.17) is 17.5 Å². The molecule has 6 nitrogen and oxygen atoms in total. The van der Waals surface area contributed by atoms with Gasteiger partial charge in [-0.05, 0) is 0 Å². The Morgan fingerprint density at radius 2 is 1.67 bits per heavy atom. The van der Waals surface area contributed by atoms with Crippen molar-refractivity contribution < 1.29 is 27.1 Å². The number of carbonyl (C=O) groups is 1. The molecule has 0 aliphatic rings. The van der Waals surface area contributed by atoms with Crippen molar-refractivity contribution in [2.24, 2.45) is 0 Å². The van der Waals surface area contributed by atoms with Gasteiger partial charge in [-0.2, -0.15) is 8.42 Å². The van der Waals surface area contributed by atoms with Crippen LogP contribution < -0.4 is 0 Å². The molecule has 0 heterocycles. The molecule has 0 aromatic carbocycles. The third-order valence-corrected chi connectivity index (χ3v) is 0.516. The third-order valence-electron chi connectivity index (χ3n) is 0.516. The summed E-state index contributed by atoms with van der Waals surface area (Å²) in [6.45, 7) is 1.76. The van der Waals surface area contributed by atoms with Gasteiger partial charge in [0, 0.05) is 6.42 Å². The quantitative estimate of drug-likeness (QED) is 0.336. The Kier molecular flexibility index (Phi) is 14.3. The van der Waals surface area contributed by atoms with Gasteiger partial charge >= 0.3 is 45.9 Å². The fraction of sp³-hybridized carbons (Fsp3) is 0.750. The molecule has 0 bridgehead atoms. The normalized spacial score (nSPS) is 8.67. The predicted octanol–water partition coefficient (Wildman–Crippen LogP) is -0.732. The summed E-state index contributed by atoms with van der Waals surface area (Å²) in [6.07, 6.45) is 0.469. The molecule has 2 N–H and O–H groups in total. The zero-order chi connectivity index (χ0) is 9.49. The van der Waals surface area contributed by atoms with Crippen molar-refractivity contribution >= 4 is 45.9 Å². The fourth-order valence-corrected chi connectivity index (χ4v) is 0.144. The fourth-order valence-electron chi connectivity index (χ4n) is 0.144. The molecule has 0 amide bonds.